The monoisotopic (exact) mass is 250 g/mol. The molecule has 100 valence electrons. The third-order valence-electron chi connectivity index (χ3n) is 3.72. The van der Waals surface area contributed by atoms with Gasteiger partial charge in [-0.1, -0.05) is 6.07 Å². The maximum atomic E-state index is 9.82. The molecule has 0 radical (unpaired) electrons. The summed E-state index contributed by atoms with van der Waals surface area (Å²) in [5.74, 6) is 0.885. The van der Waals surface area contributed by atoms with Gasteiger partial charge in [0.15, 0.2) is 0 Å². The van der Waals surface area contributed by atoms with E-state index in [-0.39, 0.29) is 5.60 Å². The number of hydrogen-bond donors (Lipinski definition) is 1. The summed E-state index contributed by atoms with van der Waals surface area (Å²) in [5.41, 5.74) is 0.768. The number of aliphatic hydroxyl groups excluding tert-OH is 1. The molecule has 1 aliphatic heterocycles. The van der Waals surface area contributed by atoms with Gasteiger partial charge < -0.3 is 14.7 Å². The maximum absolute atomic E-state index is 9.82. The minimum atomic E-state index is -0.496. The highest BCUT2D eigenvalue weighted by molar-refractivity contribution is 5.48. The highest BCUT2D eigenvalue weighted by Crippen LogP contribution is 2.30. The van der Waals surface area contributed by atoms with E-state index in [1.165, 1.54) is 0 Å². The molecule has 2 heterocycles. The molecule has 1 aromatic rings. The lowest BCUT2D eigenvalue weighted by Crippen LogP contribution is -2.48. The molecule has 0 aliphatic carbocycles. The number of pyridine rings is 1. The number of anilines is 1. The van der Waals surface area contributed by atoms with Crippen LogP contribution in [0.4, 0.5) is 5.82 Å². The Morgan fingerprint density at radius 2 is 2.33 bits per heavy atom. The Balaban J connectivity index is 2.26. The molecule has 0 spiro atoms. The van der Waals surface area contributed by atoms with Crippen molar-refractivity contribution < 1.29 is 9.84 Å². The molecular weight excluding hydrogens is 228 g/mol. The molecule has 0 amide bonds. The van der Waals surface area contributed by atoms with Gasteiger partial charge in [0, 0.05) is 32.0 Å². The molecule has 1 N–H and O–H groups in total. The van der Waals surface area contributed by atoms with Crippen molar-refractivity contribution in [2.75, 3.05) is 25.1 Å². The van der Waals surface area contributed by atoms with Gasteiger partial charge in [-0.3, -0.25) is 0 Å². The molecule has 18 heavy (non-hydrogen) atoms. The average Bonchev–Trinajstić information content (AvgIpc) is 2.39. The predicted molar refractivity (Wildman–Crippen MR) is 71.7 cm³/mol. The zero-order valence-corrected chi connectivity index (χ0v) is 11.4. The summed E-state index contributed by atoms with van der Waals surface area (Å²) in [6, 6.07) is 3.80. The fourth-order valence-corrected chi connectivity index (χ4v) is 2.55. The van der Waals surface area contributed by atoms with E-state index >= 15 is 0 Å². The van der Waals surface area contributed by atoms with Crippen LogP contribution in [-0.4, -0.2) is 35.9 Å². The molecule has 0 aromatic carbocycles. The lowest BCUT2D eigenvalue weighted by molar-refractivity contribution is -0.00493. The van der Waals surface area contributed by atoms with Gasteiger partial charge in [0.05, 0.1) is 11.7 Å². The number of rotatable bonds is 3. The van der Waals surface area contributed by atoms with Crippen LogP contribution in [0.2, 0.25) is 0 Å². The summed E-state index contributed by atoms with van der Waals surface area (Å²) < 4.78 is 5.60. The van der Waals surface area contributed by atoms with Crippen molar-refractivity contribution in [1.82, 2.24) is 4.98 Å². The average molecular weight is 250 g/mol. The van der Waals surface area contributed by atoms with Crippen molar-refractivity contribution in [2.24, 2.45) is 0 Å². The first-order valence-corrected chi connectivity index (χ1v) is 6.49. The van der Waals surface area contributed by atoms with Crippen LogP contribution in [0.5, 0.6) is 0 Å². The molecule has 1 aliphatic rings. The zero-order valence-electron chi connectivity index (χ0n) is 11.4. The lowest BCUT2D eigenvalue weighted by atomic mass is 9.94. The first-order valence-electron chi connectivity index (χ1n) is 6.49. The molecule has 4 nitrogen and oxygen atoms in total. The smallest absolute Gasteiger partial charge is 0.134 e. The molecular formula is C14H22N2O2. The first-order chi connectivity index (χ1) is 8.56. The highest BCUT2D eigenvalue weighted by atomic mass is 16.5. The summed E-state index contributed by atoms with van der Waals surface area (Å²) in [6.07, 6.45) is 3.43. The molecule has 2 rings (SSSR count). The van der Waals surface area contributed by atoms with Gasteiger partial charge in [-0.2, -0.15) is 0 Å². The Morgan fingerprint density at radius 3 is 3.00 bits per heavy atom. The number of ether oxygens (including phenoxy) is 1. The third kappa shape index (κ3) is 2.65. The number of piperidine rings is 1. The topological polar surface area (TPSA) is 45.6 Å². The molecule has 1 fully saturated rings. The highest BCUT2D eigenvalue weighted by Gasteiger charge is 2.32. The zero-order chi connectivity index (χ0) is 13.2. The van der Waals surface area contributed by atoms with Crippen molar-refractivity contribution in [3.8, 4) is 0 Å². The van der Waals surface area contributed by atoms with E-state index in [1.807, 2.05) is 12.1 Å². The van der Waals surface area contributed by atoms with Gasteiger partial charge in [-0.25, -0.2) is 4.98 Å². The van der Waals surface area contributed by atoms with Crippen LogP contribution in [0.25, 0.3) is 0 Å². The van der Waals surface area contributed by atoms with Crippen molar-refractivity contribution in [1.29, 1.82) is 0 Å². The van der Waals surface area contributed by atoms with E-state index in [1.54, 1.807) is 20.2 Å². The van der Waals surface area contributed by atoms with Gasteiger partial charge in [-0.15, -0.1) is 0 Å². The van der Waals surface area contributed by atoms with Crippen LogP contribution in [0.3, 0.4) is 0 Å². The molecule has 0 saturated carbocycles. The molecule has 2 unspecified atom stereocenters. The van der Waals surface area contributed by atoms with Gasteiger partial charge in [0.1, 0.15) is 5.82 Å². The standard InChI is InChI=1S/C14H22N2O2/c1-11(17)12-6-4-8-15-13(12)16-9-5-7-14(2,10-16)18-3/h4,6,8,11,17H,5,7,9-10H2,1-3H3. The Kier molecular flexibility index (Phi) is 3.88. The summed E-state index contributed by atoms with van der Waals surface area (Å²) >= 11 is 0. The van der Waals surface area contributed by atoms with E-state index in [0.717, 1.165) is 37.3 Å². The fraction of sp³-hybridized carbons (Fsp3) is 0.643. The molecule has 2 atom stereocenters. The van der Waals surface area contributed by atoms with Crippen LogP contribution in [0.15, 0.2) is 18.3 Å². The first kappa shape index (κ1) is 13.3. The van der Waals surface area contributed by atoms with Gasteiger partial charge in [-0.05, 0) is 32.8 Å². The SMILES string of the molecule is COC1(C)CCCN(c2ncccc2C(C)O)C1. The summed E-state index contributed by atoms with van der Waals surface area (Å²) in [4.78, 5) is 6.65. The quantitative estimate of drug-likeness (QED) is 0.892. The van der Waals surface area contributed by atoms with Gasteiger partial charge in [0.25, 0.3) is 0 Å². The summed E-state index contributed by atoms with van der Waals surface area (Å²) in [5, 5.41) is 9.82. The number of nitrogens with zero attached hydrogens (tertiary/aromatic N) is 2. The lowest BCUT2D eigenvalue weighted by Gasteiger charge is -2.40. The number of aromatic nitrogens is 1. The maximum Gasteiger partial charge on any atom is 0.134 e. The van der Waals surface area contributed by atoms with E-state index < -0.39 is 6.10 Å². The second kappa shape index (κ2) is 5.24. The molecule has 1 saturated heterocycles. The van der Waals surface area contributed by atoms with E-state index in [0.29, 0.717) is 0 Å². The van der Waals surface area contributed by atoms with Crippen molar-refractivity contribution >= 4 is 5.82 Å². The van der Waals surface area contributed by atoms with Gasteiger partial charge >= 0.3 is 0 Å². The van der Waals surface area contributed by atoms with Crippen molar-refractivity contribution in [3.05, 3.63) is 23.9 Å². The second-order valence-corrected chi connectivity index (χ2v) is 5.27. The Bertz CT molecular complexity index is 409. The normalized spacial score (nSPS) is 26.1. The van der Waals surface area contributed by atoms with E-state index in [4.69, 9.17) is 4.74 Å². The largest absolute Gasteiger partial charge is 0.389 e. The third-order valence-corrected chi connectivity index (χ3v) is 3.72. The molecule has 0 bridgehead atoms. The summed E-state index contributed by atoms with van der Waals surface area (Å²) in [7, 11) is 1.76. The van der Waals surface area contributed by atoms with Crippen LogP contribution in [0, 0.1) is 0 Å². The summed E-state index contributed by atoms with van der Waals surface area (Å²) in [6.45, 7) is 5.69. The van der Waals surface area contributed by atoms with Crippen LogP contribution in [-0.2, 0) is 4.74 Å². The van der Waals surface area contributed by atoms with Crippen LogP contribution < -0.4 is 4.90 Å². The number of methoxy groups -OCH3 is 1. The van der Waals surface area contributed by atoms with Crippen molar-refractivity contribution in [3.63, 3.8) is 0 Å². The molecule has 1 aromatic heterocycles. The molecule has 4 heteroatoms. The van der Waals surface area contributed by atoms with Crippen molar-refractivity contribution in [2.45, 2.75) is 38.4 Å². The number of aliphatic hydroxyl groups is 1. The Morgan fingerprint density at radius 1 is 1.56 bits per heavy atom. The van der Waals surface area contributed by atoms with Gasteiger partial charge in [0.2, 0.25) is 0 Å². The minimum absolute atomic E-state index is 0.119. The Hall–Kier alpha value is -1.13. The second-order valence-electron chi connectivity index (χ2n) is 5.27. The minimum Gasteiger partial charge on any atom is -0.389 e. The van der Waals surface area contributed by atoms with E-state index in [2.05, 4.69) is 16.8 Å². The Labute approximate surface area is 109 Å². The van der Waals surface area contributed by atoms with Crippen LogP contribution in [0.1, 0.15) is 38.4 Å². The fourth-order valence-electron chi connectivity index (χ4n) is 2.55. The van der Waals surface area contributed by atoms with Crippen LogP contribution >= 0.6 is 0 Å². The van der Waals surface area contributed by atoms with E-state index in [9.17, 15) is 5.11 Å². The number of hydrogen-bond acceptors (Lipinski definition) is 4. The predicted octanol–water partition coefficient (Wildman–Crippen LogP) is 2.14.